The second-order valence-electron chi connectivity index (χ2n) is 3.42. The molecular formula is C12H10O4. The highest BCUT2D eigenvalue weighted by Crippen LogP contribution is 2.20. The lowest BCUT2D eigenvalue weighted by Crippen LogP contribution is -2.12. The Hall–Kier alpha value is -2.10. The minimum Gasteiger partial charge on any atom is -0.478 e. The number of ether oxygens (including phenoxy) is 1. The molecule has 1 aromatic rings. The van der Waals surface area contributed by atoms with Gasteiger partial charge >= 0.3 is 11.9 Å². The molecule has 0 aromatic heterocycles. The molecule has 1 N–H and O–H groups in total. The summed E-state index contributed by atoms with van der Waals surface area (Å²) in [6.45, 7) is 0.412. The van der Waals surface area contributed by atoms with Gasteiger partial charge in [0.2, 0.25) is 0 Å². The normalized spacial score (nSPS) is 15.2. The van der Waals surface area contributed by atoms with Gasteiger partial charge in [0.15, 0.2) is 0 Å². The lowest BCUT2D eigenvalue weighted by atomic mass is 10.0. The van der Waals surface area contributed by atoms with E-state index in [2.05, 4.69) is 0 Å². The molecule has 0 amide bonds. The molecule has 2 rings (SSSR count). The molecule has 0 aliphatic carbocycles. The van der Waals surface area contributed by atoms with Gasteiger partial charge in [0.1, 0.15) is 0 Å². The fourth-order valence-corrected chi connectivity index (χ4v) is 1.54. The third-order valence-electron chi connectivity index (χ3n) is 2.36. The van der Waals surface area contributed by atoms with Crippen LogP contribution in [0.2, 0.25) is 0 Å². The van der Waals surface area contributed by atoms with Crippen molar-refractivity contribution in [3.05, 3.63) is 41.5 Å². The molecule has 1 heterocycles. The van der Waals surface area contributed by atoms with Crippen molar-refractivity contribution in [3.8, 4) is 0 Å². The third-order valence-corrected chi connectivity index (χ3v) is 2.36. The molecule has 4 nitrogen and oxygen atoms in total. The monoisotopic (exact) mass is 218 g/mol. The summed E-state index contributed by atoms with van der Waals surface area (Å²) >= 11 is 0. The van der Waals surface area contributed by atoms with Crippen molar-refractivity contribution in [3.63, 3.8) is 0 Å². The van der Waals surface area contributed by atoms with Crippen molar-refractivity contribution in [2.24, 2.45) is 0 Å². The number of rotatable bonds is 2. The highest BCUT2D eigenvalue weighted by atomic mass is 16.5. The van der Waals surface area contributed by atoms with Crippen LogP contribution in [0.25, 0.3) is 5.57 Å². The van der Waals surface area contributed by atoms with Crippen LogP contribution in [0.4, 0.5) is 0 Å². The summed E-state index contributed by atoms with van der Waals surface area (Å²) in [7, 11) is 0. The van der Waals surface area contributed by atoms with Crippen LogP contribution in [0.1, 0.15) is 22.3 Å². The molecule has 0 bridgehead atoms. The topological polar surface area (TPSA) is 63.6 Å². The van der Waals surface area contributed by atoms with Crippen LogP contribution in [-0.4, -0.2) is 23.7 Å². The quantitative estimate of drug-likeness (QED) is 0.767. The van der Waals surface area contributed by atoms with E-state index >= 15 is 0 Å². The van der Waals surface area contributed by atoms with E-state index in [1.807, 2.05) is 6.08 Å². The lowest BCUT2D eigenvalue weighted by molar-refractivity contribution is -0.137. The van der Waals surface area contributed by atoms with Crippen LogP contribution in [-0.2, 0) is 9.53 Å². The van der Waals surface area contributed by atoms with E-state index in [1.54, 1.807) is 12.1 Å². The first-order valence-corrected chi connectivity index (χ1v) is 4.89. The molecule has 0 spiro atoms. The Morgan fingerprint density at radius 2 is 1.94 bits per heavy atom. The highest BCUT2D eigenvalue weighted by Gasteiger charge is 2.16. The average Bonchev–Trinajstić information content (AvgIpc) is 2.30. The summed E-state index contributed by atoms with van der Waals surface area (Å²) in [5.41, 5.74) is 1.39. The summed E-state index contributed by atoms with van der Waals surface area (Å²) in [4.78, 5) is 22.1. The van der Waals surface area contributed by atoms with E-state index in [-0.39, 0.29) is 11.5 Å². The first-order valence-electron chi connectivity index (χ1n) is 4.89. The van der Waals surface area contributed by atoms with E-state index < -0.39 is 5.97 Å². The molecule has 0 saturated heterocycles. The number of carboxylic acid groups (broad SMARTS) is 1. The predicted molar refractivity (Wildman–Crippen MR) is 57.0 cm³/mol. The van der Waals surface area contributed by atoms with E-state index in [4.69, 9.17) is 9.84 Å². The number of cyclic esters (lactones) is 1. The maximum Gasteiger partial charge on any atom is 0.338 e. The number of aromatic carboxylic acids is 1. The zero-order valence-corrected chi connectivity index (χ0v) is 8.47. The largest absolute Gasteiger partial charge is 0.478 e. The highest BCUT2D eigenvalue weighted by molar-refractivity contribution is 6.17. The summed E-state index contributed by atoms with van der Waals surface area (Å²) < 4.78 is 4.90. The first-order chi connectivity index (χ1) is 7.68. The standard InChI is InChI=1S/C12H10O4/c13-11(14)9-5-3-8(4-6-9)10-2-1-7-16-12(10)15/h2-6H,1,7H2,(H,13,14). The van der Waals surface area contributed by atoms with E-state index in [1.165, 1.54) is 12.1 Å². The Kier molecular flexibility index (Phi) is 2.72. The third kappa shape index (κ3) is 1.95. The second-order valence-corrected chi connectivity index (χ2v) is 3.42. The van der Waals surface area contributed by atoms with Crippen LogP contribution in [0.3, 0.4) is 0 Å². The number of esters is 1. The fraction of sp³-hybridized carbons (Fsp3) is 0.167. The van der Waals surface area contributed by atoms with Gasteiger partial charge in [-0.05, 0) is 17.7 Å². The zero-order valence-electron chi connectivity index (χ0n) is 8.47. The Morgan fingerprint density at radius 1 is 1.25 bits per heavy atom. The van der Waals surface area contributed by atoms with Gasteiger partial charge in [-0.3, -0.25) is 0 Å². The Morgan fingerprint density at radius 3 is 2.50 bits per heavy atom. The molecule has 0 saturated carbocycles. The molecule has 0 radical (unpaired) electrons. The van der Waals surface area contributed by atoms with E-state index in [0.717, 1.165) is 0 Å². The molecule has 82 valence electrons. The van der Waals surface area contributed by atoms with Crippen molar-refractivity contribution in [2.75, 3.05) is 6.61 Å². The molecule has 0 fully saturated rings. The zero-order chi connectivity index (χ0) is 11.5. The smallest absolute Gasteiger partial charge is 0.338 e. The van der Waals surface area contributed by atoms with Crippen LogP contribution < -0.4 is 0 Å². The number of hydrogen-bond donors (Lipinski definition) is 1. The molecule has 1 aliphatic rings. The second kappa shape index (κ2) is 4.18. The minimum atomic E-state index is -0.980. The van der Waals surface area contributed by atoms with Crippen LogP contribution in [0.5, 0.6) is 0 Å². The van der Waals surface area contributed by atoms with Crippen molar-refractivity contribution >= 4 is 17.5 Å². The van der Waals surface area contributed by atoms with Crippen LogP contribution in [0, 0.1) is 0 Å². The average molecular weight is 218 g/mol. The molecule has 0 atom stereocenters. The van der Waals surface area contributed by atoms with Gasteiger partial charge in [0, 0.05) is 6.42 Å². The summed E-state index contributed by atoms with van der Waals surface area (Å²) in [5, 5.41) is 8.73. The summed E-state index contributed by atoms with van der Waals surface area (Å²) in [6.07, 6.45) is 2.50. The van der Waals surface area contributed by atoms with Crippen molar-refractivity contribution in [2.45, 2.75) is 6.42 Å². The van der Waals surface area contributed by atoms with E-state index in [9.17, 15) is 9.59 Å². The SMILES string of the molecule is O=C1OCCC=C1c1ccc(C(=O)O)cc1. The Labute approximate surface area is 92.2 Å². The first kappa shape index (κ1) is 10.4. The Balaban J connectivity index is 2.31. The number of benzene rings is 1. The minimum absolute atomic E-state index is 0.202. The number of hydrogen-bond acceptors (Lipinski definition) is 3. The van der Waals surface area contributed by atoms with Gasteiger partial charge in [-0.25, -0.2) is 9.59 Å². The van der Waals surface area contributed by atoms with Gasteiger partial charge in [0.25, 0.3) is 0 Å². The molecule has 16 heavy (non-hydrogen) atoms. The van der Waals surface area contributed by atoms with Crippen molar-refractivity contribution < 1.29 is 19.4 Å². The van der Waals surface area contributed by atoms with Crippen molar-refractivity contribution in [1.29, 1.82) is 0 Å². The van der Waals surface area contributed by atoms with Crippen LogP contribution in [0.15, 0.2) is 30.3 Å². The fourth-order valence-electron chi connectivity index (χ4n) is 1.54. The number of carboxylic acids is 1. The molecule has 1 aliphatic heterocycles. The summed E-state index contributed by atoms with van der Waals surface area (Å²) in [5.74, 6) is -1.33. The maximum atomic E-state index is 11.4. The summed E-state index contributed by atoms with van der Waals surface area (Å²) in [6, 6.07) is 6.17. The molecule has 1 aromatic carbocycles. The lowest BCUT2D eigenvalue weighted by Gasteiger charge is -2.12. The van der Waals surface area contributed by atoms with Gasteiger partial charge in [-0.15, -0.1) is 0 Å². The maximum absolute atomic E-state index is 11.4. The van der Waals surface area contributed by atoms with Gasteiger partial charge in [-0.1, -0.05) is 18.2 Å². The number of carbonyl (C=O) groups is 2. The Bertz CT molecular complexity index is 456. The van der Waals surface area contributed by atoms with Gasteiger partial charge < -0.3 is 9.84 Å². The van der Waals surface area contributed by atoms with Crippen LogP contribution >= 0.6 is 0 Å². The van der Waals surface area contributed by atoms with Gasteiger partial charge in [-0.2, -0.15) is 0 Å². The van der Waals surface area contributed by atoms with Gasteiger partial charge in [0.05, 0.1) is 17.7 Å². The molecular weight excluding hydrogens is 208 g/mol. The van der Waals surface area contributed by atoms with E-state index in [0.29, 0.717) is 24.2 Å². The van der Waals surface area contributed by atoms with Crippen molar-refractivity contribution in [1.82, 2.24) is 0 Å². The number of carbonyl (C=O) groups excluding carboxylic acids is 1. The molecule has 0 unspecified atom stereocenters. The predicted octanol–water partition coefficient (Wildman–Crippen LogP) is 1.72. The molecule has 4 heteroatoms.